The minimum Gasteiger partial charge on any atom is -0.481 e. The van der Waals surface area contributed by atoms with Crippen LogP contribution in [0.2, 0.25) is 0 Å². The Morgan fingerprint density at radius 3 is 2.89 bits per heavy atom. The Balaban J connectivity index is 2.33. The van der Waals surface area contributed by atoms with Crippen LogP contribution in [-0.4, -0.2) is 53.6 Å². The molecule has 2 amide bonds. The van der Waals surface area contributed by atoms with E-state index in [1.807, 2.05) is 0 Å². The molecular formula is C13H24N2O3S. The Hall–Kier alpha value is -0.910. The first-order valence-corrected chi connectivity index (χ1v) is 8.15. The molecule has 1 saturated heterocycles. The van der Waals surface area contributed by atoms with E-state index < -0.39 is 5.97 Å². The lowest BCUT2D eigenvalue weighted by Gasteiger charge is -2.32. The second kappa shape index (κ2) is 8.30. The number of likely N-dealkylation sites (tertiary alicyclic amines) is 1. The predicted molar refractivity (Wildman–Crippen MR) is 77.5 cm³/mol. The number of carbonyl (C=O) groups excluding carboxylic acids is 1. The number of thioether (sulfide) groups is 1. The number of carboxylic acid groups (broad SMARTS) is 1. The van der Waals surface area contributed by atoms with Crippen LogP contribution >= 0.6 is 11.8 Å². The molecule has 1 heterocycles. The van der Waals surface area contributed by atoms with Crippen LogP contribution < -0.4 is 5.32 Å². The first kappa shape index (κ1) is 16.1. The van der Waals surface area contributed by atoms with Crippen molar-refractivity contribution in [1.29, 1.82) is 0 Å². The first-order chi connectivity index (χ1) is 9.02. The zero-order chi connectivity index (χ0) is 14.3. The molecule has 0 bridgehead atoms. The van der Waals surface area contributed by atoms with Gasteiger partial charge in [-0.05, 0) is 36.7 Å². The number of hydrogen-bond donors (Lipinski definition) is 2. The number of piperidine rings is 1. The van der Waals surface area contributed by atoms with Crippen LogP contribution in [-0.2, 0) is 4.79 Å². The molecule has 2 atom stereocenters. The van der Waals surface area contributed by atoms with Crippen molar-refractivity contribution < 1.29 is 14.7 Å². The molecule has 0 aliphatic carbocycles. The van der Waals surface area contributed by atoms with Crippen molar-refractivity contribution >= 4 is 23.8 Å². The summed E-state index contributed by atoms with van der Waals surface area (Å²) in [4.78, 5) is 24.5. The van der Waals surface area contributed by atoms with Gasteiger partial charge in [-0.25, -0.2) is 4.79 Å². The van der Waals surface area contributed by atoms with Gasteiger partial charge in [-0.15, -0.1) is 0 Å². The standard InChI is InChI=1S/C13H24N2O3S/c1-10(9-19-2)7-14-13(18)15-5-3-4-11(8-15)6-12(16)17/h10-11H,3-9H2,1-2H3,(H,14,18)(H,16,17). The van der Waals surface area contributed by atoms with Gasteiger partial charge in [0.25, 0.3) is 0 Å². The third kappa shape index (κ3) is 6.18. The topological polar surface area (TPSA) is 69.6 Å². The second-order valence-corrected chi connectivity index (χ2v) is 6.21. The van der Waals surface area contributed by atoms with Crippen molar-refractivity contribution in [3.63, 3.8) is 0 Å². The molecule has 1 rings (SSSR count). The zero-order valence-corrected chi connectivity index (χ0v) is 12.5. The summed E-state index contributed by atoms with van der Waals surface area (Å²) in [5.41, 5.74) is 0. The van der Waals surface area contributed by atoms with Crippen molar-refractivity contribution in [2.45, 2.75) is 26.2 Å². The van der Waals surface area contributed by atoms with Crippen LogP contribution in [0.3, 0.4) is 0 Å². The first-order valence-electron chi connectivity index (χ1n) is 6.76. The highest BCUT2D eigenvalue weighted by molar-refractivity contribution is 7.98. The van der Waals surface area contributed by atoms with Gasteiger partial charge in [-0.1, -0.05) is 6.92 Å². The predicted octanol–water partition coefficient (Wildman–Crippen LogP) is 1.88. The minimum atomic E-state index is -0.777. The van der Waals surface area contributed by atoms with Gasteiger partial charge >= 0.3 is 12.0 Å². The van der Waals surface area contributed by atoms with E-state index in [-0.39, 0.29) is 18.4 Å². The summed E-state index contributed by atoms with van der Waals surface area (Å²) in [5, 5.41) is 11.7. The number of carbonyl (C=O) groups is 2. The Labute approximate surface area is 119 Å². The number of carboxylic acids is 1. The van der Waals surface area contributed by atoms with E-state index in [1.54, 1.807) is 16.7 Å². The lowest BCUT2D eigenvalue weighted by Crippen LogP contribution is -2.46. The summed E-state index contributed by atoms with van der Waals surface area (Å²) in [6, 6.07) is -0.0527. The van der Waals surface area contributed by atoms with Gasteiger partial charge in [0.15, 0.2) is 0 Å². The Morgan fingerprint density at radius 1 is 1.53 bits per heavy atom. The Bertz CT molecular complexity index is 312. The Kier molecular flexibility index (Phi) is 7.05. The number of nitrogens with zero attached hydrogens (tertiary/aromatic N) is 1. The second-order valence-electron chi connectivity index (χ2n) is 5.30. The molecule has 0 aromatic rings. The molecular weight excluding hydrogens is 264 g/mol. The number of aliphatic carboxylic acids is 1. The van der Waals surface area contributed by atoms with Gasteiger partial charge in [-0.2, -0.15) is 11.8 Å². The van der Waals surface area contributed by atoms with Gasteiger partial charge < -0.3 is 15.3 Å². The van der Waals surface area contributed by atoms with Crippen LogP contribution in [0.4, 0.5) is 4.79 Å². The molecule has 1 aliphatic heterocycles. The summed E-state index contributed by atoms with van der Waals surface area (Å²) in [5.74, 6) is 0.807. The van der Waals surface area contributed by atoms with Crippen molar-refractivity contribution in [3.05, 3.63) is 0 Å². The van der Waals surface area contributed by atoms with Gasteiger partial charge in [0.1, 0.15) is 0 Å². The van der Waals surface area contributed by atoms with Crippen LogP contribution in [0.5, 0.6) is 0 Å². The molecule has 0 aromatic carbocycles. The maximum Gasteiger partial charge on any atom is 0.317 e. The molecule has 2 N–H and O–H groups in total. The molecule has 19 heavy (non-hydrogen) atoms. The van der Waals surface area contributed by atoms with E-state index in [0.717, 1.165) is 25.1 Å². The average molecular weight is 288 g/mol. The van der Waals surface area contributed by atoms with E-state index in [9.17, 15) is 9.59 Å². The number of hydrogen-bond acceptors (Lipinski definition) is 3. The fourth-order valence-corrected chi connectivity index (χ4v) is 3.07. The highest BCUT2D eigenvalue weighted by Gasteiger charge is 2.25. The monoisotopic (exact) mass is 288 g/mol. The maximum absolute atomic E-state index is 12.0. The fraction of sp³-hybridized carbons (Fsp3) is 0.846. The summed E-state index contributed by atoms with van der Waals surface area (Å²) in [6.07, 6.45) is 4.01. The SMILES string of the molecule is CSCC(C)CNC(=O)N1CCCC(CC(=O)O)C1. The van der Waals surface area contributed by atoms with Crippen molar-refractivity contribution in [2.24, 2.45) is 11.8 Å². The molecule has 5 nitrogen and oxygen atoms in total. The van der Waals surface area contributed by atoms with E-state index >= 15 is 0 Å². The van der Waals surface area contributed by atoms with Gasteiger partial charge in [0.2, 0.25) is 0 Å². The third-order valence-corrected chi connectivity index (χ3v) is 4.22. The van der Waals surface area contributed by atoms with Crippen molar-refractivity contribution in [2.75, 3.05) is 31.6 Å². The lowest BCUT2D eigenvalue weighted by atomic mass is 9.95. The van der Waals surface area contributed by atoms with E-state index in [4.69, 9.17) is 5.11 Å². The van der Waals surface area contributed by atoms with Crippen LogP contribution in [0.15, 0.2) is 0 Å². The summed E-state index contributed by atoms with van der Waals surface area (Å²) >= 11 is 1.77. The van der Waals surface area contributed by atoms with Crippen molar-refractivity contribution in [1.82, 2.24) is 10.2 Å². The highest BCUT2D eigenvalue weighted by atomic mass is 32.2. The number of nitrogens with one attached hydrogen (secondary N) is 1. The van der Waals surface area contributed by atoms with E-state index in [0.29, 0.717) is 19.0 Å². The molecule has 0 radical (unpaired) electrons. The number of urea groups is 1. The highest BCUT2D eigenvalue weighted by Crippen LogP contribution is 2.19. The smallest absolute Gasteiger partial charge is 0.317 e. The molecule has 1 aliphatic rings. The zero-order valence-electron chi connectivity index (χ0n) is 11.7. The normalized spacial score (nSPS) is 20.9. The molecule has 1 fully saturated rings. The van der Waals surface area contributed by atoms with Crippen LogP contribution in [0, 0.1) is 11.8 Å². The lowest BCUT2D eigenvalue weighted by molar-refractivity contribution is -0.138. The molecule has 6 heteroatoms. The van der Waals surface area contributed by atoms with Gasteiger partial charge in [-0.3, -0.25) is 4.79 Å². The Morgan fingerprint density at radius 2 is 2.26 bits per heavy atom. The van der Waals surface area contributed by atoms with E-state index in [1.165, 1.54) is 0 Å². The van der Waals surface area contributed by atoms with Crippen LogP contribution in [0.1, 0.15) is 26.2 Å². The summed E-state index contributed by atoms with van der Waals surface area (Å²) in [7, 11) is 0. The molecule has 2 unspecified atom stereocenters. The summed E-state index contributed by atoms with van der Waals surface area (Å²) in [6.45, 7) is 4.09. The van der Waals surface area contributed by atoms with Gasteiger partial charge in [0.05, 0.1) is 0 Å². The fourth-order valence-electron chi connectivity index (χ4n) is 2.38. The maximum atomic E-state index is 12.0. The third-order valence-electron chi connectivity index (χ3n) is 3.32. The minimum absolute atomic E-state index is 0.0527. The number of amides is 2. The van der Waals surface area contributed by atoms with E-state index in [2.05, 4.69) is 18.5 Å². The number of rotatable bonds is 6. The average Bonchev–Trinajstić information content (AvgIpc) is 2.36. The quantitative estimate of drug-likeness (QED) is 0.783. The van der Waals surface area contributed by atoms with Gasteiger partial charge in [0, 0.05) is 26.1 Å². The van der Waals surface area contributed by atoms with Crippen molar-refractivity contribution in [3.8, 4) is 0 Å². The molecule has 0 saturated carbocycles. The molecule has 110 valence electrons. The molecule has 0 spiro atoms. The summed E-state index contributed by atoms with van der Waals surface area (Å²) < 4.78 is 0. The van der Waals surface area contributed by atoms with Crippen LogP contribution in [0.25, 0.3) is 0 Å². The largest absolute Gasteiger partial charge is 0.481 e. The molecule has 0 aromatic heterocycles.